The molecule has 17 heavy (non-hydrogen) atoms. The van der Waals surface area contributed by atoms with Crippen molar-refractivity contribution in [2.24, 2.45) is 5.73 Å². The van der Waals surface area contributed by atoms with E-state index in [-0.39, 0.29) is 12.1 Å². The van der Waals surface area contributed by atoms with Gasteiger partial charge in [0.05, 0.1) is 23.0 Å². The Morgan fingerprint density at radius 2 is 2.12 bits per heavy atom. The van der Waals surface area contributed by atoms with E-state index in [2.05, 4.69) is 36.6 Å². The first kappa shape index (κ1) is 12.6. The third-order valence-electron chi connectivity index (χ3n) is 2.80. The third-order valence-corrected chi connectivity index (χ3v) is 3.97. The van der Waals surface area contributed by atoms with Crippen LogP contribution in [0.2, 0.25) is 5.02 Å². The normalized spacial score (nSPS) is 13.3. The Morgan fingerprint density at radius 3 is 2.65 bits per heavy atom. The van der Waals surface area contributed by atoms with Crippen LogP contribution in [0.4, 0.5) is 0 Å². The maximum absolute atomic E-state index is 6.31. The fourth-order valence-electron chi connectivity index (χ4n) is 1.89. The Hall–Kier alpha value is -0.840. The highest BCUT2D eigenvalue weighted by Gasteiger charge is 2.21. The molecule has 0 amide bonds. The van der Waals surface area contributed by atoms with Gasteiger partial charge in [0.2, 0.25) is 0 Å². The van der Waals surface area contributed by atoms with Gasteiger partial charge in [-0.1, -0.05) is 11.6 Å². The van der Waals surface area contributed by atoms with E-state index in [9.17, 15) is 0 Å². The Morgan fingerprint density at radius 1 is 1.41 bits per heavy atom. The van der Waals surface area contributed by atoms with Crippen LogP contribution < -0.4 is 5.73 Å². The number of aryl methyl sites for hydroxylation is 1. The molecule has 2 N–H and O–H groups in total. The van der Waals surface area contributed by atoms with Gasteiger partial charge in [-0.15, -0.1) is 0 Å². The standard InChI is InChI=1S/C12H16ClN3S/c1-7(2)16-12(10(13)4-15-16)11(14)9-6-17-5-8(9)3/h4-7,11H,14H2,1-3H3. The average molecular weight is 270 g/mol. The van der Waals surface area contributed by atoms with E-state index in [1.54, 1.807) is 17.5 Å². The maximum atomic E-state index is 6.31. The van der Waals surface area contributed by atoms with Crippen molar-refractivity contribution in [1.82, 2.24) is 9.78 Å². The van der Waals surface area contributed by atoms with Gasteiger partial charge in [0.1, 0.15) is 0 Å². The van der Waals surface area contributed by atoms with Crippen LogP contribution in [0.15, 0.2) is 17.0 Å². The molecule has 2 aromatic heterocycles. The molecule has 0 aromatic carbocycles. The minimum Gasteiger partial charge on any atom is -0.319 e. The van der Waals surface area contributed by atoms with E-state index in [1.165, 1.54) is 5.56 Å². The fourth-order valence-corrected chi connectivity index (χ4v) is 3.02. The minimum atomic E-state index is -0.210. The molecule has 0 bridgehead atoms. The Kier molecular flexibility index (Phi) is 3.56. The molecule has 1 atom stereocenters. The summed E-state index contributed by atoms with van der Waals surface area (Å²) in [6.45, 7) is 6.20. The van der Waals surface area contributed by atoms with Crippen LogP contribution in [0, 0.1) is 6.92 Å². The predicted molar refractivity (Wildman–Crippen MR) is 72.7 cm³/mol. The second-order valence-electron chi connectivity index (χ2n) is 4.40. The van der Waals surface area contributed by atoms with Gasteiger partial charge in [-0.25, -0.2) is 0 Å². The monoisotopic (exact) mass is 269 g/mol. The molecule has 0 aliphatic rings. The number of hydrogen-bond acceptors (Lipinski definition) is 3. The molecule has 0 fully saturated rings. The van der Waals surface area contributed by atoms with Crippen LogP contribution in [0.5, 0.6) is 0 Å². The molecule has 3 nitrogen and oxygen atoms in total. The van der Waals surface area contributed by atoms with E-state index < -0.39 is 0 Å². The number of rotatable bonds is 3. The molecule has 2 aromatic rings. The molecule has 5 heteroatoms. The van der Waals surface area contributed by atoms with Gasteiger partial charge in [-0.05, 0) is 42.7 Å². The molecular formula is C12H16ClN3S. The second kappa shape index (κ2) is 4.80. The van der Waals surface area contributed by atoms with Crippen molar-refractivity contribution in [3.8, 4) is 0 Å². The molecule has 0 aliphatic heterocycles. The predicted octanol–water partition coefficient (Wildman–Crippen LogP) is 3.54. The molecule has 2 heterocycles. The topological polar surface area (TPSA) is 43.8 Å². The molecular weight excluding hydrogens is 254 g/mol. The van der Waals surface area contributed by atoms with Crippen LogP contribution in [0.25, 0.3) is 0 Å². The van der Waals surface area contributed by atoms with Gasteiger partial charge >= 0.3 is 0 Å². The van der Waals surface area contributed by atoms with Crippen LogP contribution >= 0.6 is 22.9 Å². The number of thiophene rings is 1. The van der Waals surface area contributed by atoms with E-state index in [1.807, 2.05) is 4.68 Å². The molecule has 0 saturated heterocycles. The van der Waals surface area contributed by atoms with Crippen LogP contribution in [0.1, 0.15) is 42.8 Å². The highest BCUT2D eigenvalue weighted by Crippen LogP contribution is 2.31. The van der Waals surface area contributed by atoms with E-state index in [0.717, 1.165) is 11.3 Å². The molecule has 1 unspecified atom stereocenters. The van der Waals surface area contributed by atoms with E-state index in [4.69, 9.17) is 17.3 Å². The highest BCUT2D eigenvalue weighted by atomic mass is 35.5. The third kappa shape index (κ3) is 2.25. The van der Waals surface area contributed by atoms with Gasteiger partial charge in [0.15, 0.2) is 0 Å². The van der Waals surface area contributed by atoms with E-state index >= 15 is 0 Å². The van der Waals surface area contributed by atoms with Crippen LogP contribution in [0.3, 0.4) is 0 Å². The lowest BCUT2D eigenvalue weighted by atomic mass is 10.0. The lowest BCUT2D eigenvalue weighted by molar-refractivity contribution is 0.499. The van der Waals surface area contributed by atoms with Crippen molar-refractivity contribution < 1.29 is 0 Å². The summed E-state index contributed by atoms with van der Waals surface area (Å²) in [6.07, 6.45) is 1.67. The smallest absolute Gasteiger partial charge is 0.0837 e. The summed E-state index contributed by atoms with van der Waals surface area (Å²) in [5.41, 5.74) is 9.53. The summed E-state index contributed by atoms with van der Waals surface area (Å²) in [5, 5.41) is 9.09. The summed E-state index contributed by atoms with van der Waals surface area (Å²) >= 11 is 7.85. The van der Waals surface area contributed by atoms with Gasteiger partial charge < -0.3 is 5.73 Å². The molecule has 0 aliphatic carbocycles. The minimum absolute atomic E-state index is 0.210. The maximum Gasteiger partial charge on any atom is 0.0837 e. The lowest BCUT2D eigenvalue weighted by Gasteiger charge is -2.17. The summed E-state index contributed by atoms with van der Waals surface area (Å²) < 4.78 is 1.89. The van der Waals surface area contributed by atoms with E-state index in [0.29, 0.717) is 5.02 Å². The number of halogens is 1. The first-order chi connectivity index (χ1) is 8.02. The Balaban J connectivity index is 2.47. The SMILES string of the molecule is Cc1cscc1C(N)c1c(Cl)cnn1C(C)C. The average Bonchev–Trinajstić information content (AvgIpc) is 2.83. The molecule has 0 spiro atoms. The van der Waals surface area contributed by atoms with Crippen molar-refractivity contribution in [3.63, 3.8) is 0 Å². The van der Waals surface area contributed by atoms with Crippen molar-refractivity contribution in [2.45, 2.75) is 32.9 Å². The number of aromatic nitrogens is 2. The van der Waals surface area contributed by atoms with Crippen molar-refractivity contribution in [1.29, 1.82) is 0 Å². The summed E-state index contributed by atoms with van der Waals surface area (Å²) in [6, 6.07) is 0.0427. The van der Waals surface area contributed by atoms with Crippen molar-refractivity contribution >= 4 is 22.9 Å². The van der Waals surface area contributed by atoms with Crippen LogP contribution in [-0.2, 0) is 0 Å². The first-order valence-electron chi connectivity index (χ1n) is 5.53. The first-order valence-corrected chi connectivity index (χ1v) is 6.85. The quantitative estimate of drug-likeness (QED) is 0.926. The van der Waals surface area contributed by atoms with Gasteiger partial charge in [0.25, 0.3) is 0 Å². The summed E-state index contributed by atoms with van der Waals surface area (Å²) in [7, 11) is 0. The van der Waals surface area contributed by atoms with Gasteiger partial charge in [-0.2, -0.15) is 16.4 Å². The number of nitrogens with zero attached hydrogens (tertiary/aromatic N) is 2. The summed E-state index contributed by atoms with van der Waals surface area (Å²) in [5.74, 6) is 0. The Bertz CT molecular complexity index is 516. The number of hydrogen-bond donors (Lipinski definition) is 1. The van der Waals surface area contributed by atoms with Crippen molar-refractivity contribution in [3.05, 3.63) is 38.8 Å². The lowest BCUT2D eigenvalue weighted by Crippen LogP contribution is -2.19. The molecule has 92 valence electrons. The molecule has 2 rings (SSSR count). The molecule has 0 radical (unpaired) electrons. The van der Waals surface area contributed by atoms with Crippen LogP contribution in [-0.4, -0.2) is 9.78 Å². The highest BCUT2D eigenvalue weighted by molar-refractivity contribution is 7.08. The van der Waals surface area contributed by atoms with Gasteiger partial charge in [0, 0.05) is 6.04 Å². The largest absolute Gasteiger partial charge is 0.319 e. The number of nitrogens with two attached hydrogens (primary N) is 1. The zero-order chi connectivity index (χ0) is 12.6. The van der Waals surface area contributed by atoms with Gasteiger partial charge in [-0.3, -0.25) is 4.68 Å². The zero-order valence-electron chi connectivity index (χ0n) is 10.1. The zero-order valence-corrected chi connectivity index (χ0v) is 11.7. The van der Waals surface area contributed by atoms with Crippen molar-refractivity contribution in [2.75, 3.05) is 0 Å². The summed E-state index contributed by atoms with van der Waals surface area (Å²) in [4.78, 5) is 0. The Labute approximate surface area is 110 Å². The fraction of sp³-hybridized carbons (Fsp3) is 0.417. The molecule has 0 saturated carbocycles. The second-order valence-corrected chi connectivity index (χ2v) is 5.55.